The number of nitrogens with one attached hydrogen (secondary N) is 2. The number of rotatable bonds is 7. The molecule has 0 radical (unpaired) electrons. The van der Waals surface area contributed by atoms with Crippen LogP contribution in [0.5, 0.6) is 23.0 Å². The van der Waals surface area contributed by atoms with E-state index in [0.717, 1.165) is 88.2 Å². The highest BCUT2D eigenvalue weighted by molar-refractivity contribution is 14.1. The molecule has 0 aliphatic carbocycles. The van der Waals surface area contributed by atoms with E-state index >= 15 is 0 Å². The highest BCUT2D eigenvalue weighted by atomic mass is 127. The number of aromatic amines is 2. The van der Waals surface area contributed by atoms with Crippen molar-refractivity contribution in [2.45, 2.75) is 106 Å². The van der Waals surface area contributed by atoms with E-state index in [1.54, 1.807) is 79.7 Å². The molecule has 5 N–H and O–H groups in total. The fourth-order valence-corrected chi connectivity index (χ4v) is 12.5. The van der Waals surface area contributed by atoms with Crippen LogP contribution in [0.3, 0.4) is 0 Å². The molecule has 2 aromatic heterocycles. The van der Waals surface area contributed by atoms with Gasteiger partial charge >= 0.3 is 17.2 Å². The lowest BCUT2D eigenvalue weighted by atomic mass is 9.78. The minimum atomic E-state index is -3.98. The van der Waals surface area contributed by atoms with Crippen LogP contribution in [0.15, 0.2) is 175 Å². The fraction of sp³-hybridized carbons (Fsp3) is 0.205. The number of halogens is 1. The summed E-state index contributed by atoms with van der Waals surface area (Å²) in [4.78, 5) is 27.7. The highest BCUT2D eigenvalue weighted by Crippen LogP contribution is 2.39. The predicted molar refractivity (Wildman–Crippen MR) is 378 cm³/mol. The van der Waals surface area contributed by atoms with Crippen molar-refractivity contribution in [1.29, 1.82) is 0 Å². The zero-order valence-corrected chi connectivity index (χ0v) is 56.4. The summed E-state index contributed by atoms with van der Waals surface area (Å²) in [7, 11) is -4.34. The molecule has 19 heteroatoms. The lowest BCUT2D eigenvalue weighted by molar-refractivity contribution is -0.385. The quantitative estimate of drug-likeness (QED) is 0.0329. The second kappa shape index (κ2) is 26.9. The normalized spacial score (nSPS) is 13.1. The summed E-state index contributed by atoms with van der Waals surface area (Å²) in [6, 6.07) is 51.6. The average Bonchev–Trinajstić information content (AvgIpc) is 1.57. The third kappa shape index (κ3) is 14.4. The SMILES string of the molecule is Cc1cc(B2OC(C)(C)C(C)(C)O2)ccc1O.Cc1ccc(-c2ccc(O)c(C)c2)c([N+](=O)[O-])c1.Cc1ccc(I)c([N+](=O)[O-])c1.Cc1ccc2c(c1)[nH]c1c(C)c(O)c(C)cc12.Cc1ccc2c(c1)[nH]c1c(C)c(OS(=O)(=O)c3cccc4ccccc34)ccc12. The number of nitrogens with zero attached hydrogens (tertiary/aromatic N) is 2. The van der Waals surface area contributed by atoms with Gasteiger partial charge in [-0.15, -0.1) is 0 Å². The Balaban J connectivity index is 0.000000141. The van der Waals surface area contributed by atoms with Gasteiger partial charge in [-0.1, -0.05) is 91.0 Å². The van der Waals surface area contributed by atoms with Crippen molar-refractivity contribution in [1.82, 2.24) is 9.97 Å². The largest absolute Gasteiger partial charge is 0.508 e. The van der Waals surface area contributed by atoms with E-state index in [1.807, 2.05) is 159 Å². The number of H-pyrrole nitrogens is 2. The molecule has 10 aromatic carbocycles. The van der Waals surface area contributed by atoms with E-state index in [1.165, 1.54) is 16.3 Å². The number of hydrogen-bond acceptors (Lipinski definition) is 12. The van der Waals surface area contributed by atoms with Gasteiger partial charge in [0.25, 0.3) is 11.4 Å². The molecule has 16 nitrogen and oxygen atoms in total. The Labute approximate surface area is 548 Å². The Bertz CT molecular complexity index is 4940. The van der Waals surface area contributed by atoms with Gasteiger partial charge in [0, 0.05) is 61.2 Å². The van der Waals surface area contributed by atoms with Crippen LogP contribution in [0.4, 0.5) is 11.4 Å². The van der Waals surface area contributed by atoms with Gasteiger partial charge in [0.15, 0.2) is 0 Å². The Morgan fingerprint density at radius 2 is 1.02 bits per heavy atom. The Hall–Kier alpha value is -9.28. The number of aromatic nitrogens is 2. The van der Waals surface area contributed by atoms with Crippen molar-refractivity contribution in [3.63, 3.8) is 0 Å². The van der Waals surface area contributed by atoms with Gasteiger partial charge < -0.3 is 38.8 Å². The summed E-state index contributed by atoms with van der Waals surface area (Å²) < 4.78 is 44.3. The van der Waals surface area contributed by atoms with Gasteiger partial charge in [-0.05, 0) is 235 Å². The summed E-state index contributed by atoms with van der Waals surface area (Å²) >= 11 is 1.95. The van der Waals surface area contributed by atoms with Crippen molar-refractivity contribution in [2.24, 2.45) is 0 Å². The molecular weight excluding hydrogens is 1290 g/mol. The van der Waals surface area contributed by atoms with Crippen LogP contribution in [0.2, 0.25) is 0 Å². The molecule has 0 saturated carbocycles. The number of fused-ring (bicyclic) bond motifs is 7. The molecule has 92 heavy (non-hydrogen) atoms. The lowest BCUT2D eigenvalue weighted by Crippen LogP contribution is -2.41. The number of phenols is 3. The molecule has 12 aromatic rings. The van der Waals surface area contributed by atoms with E-state index in [0.29, 0.717) is 37.3 Å². The summed E-state index contributed by atoms with van der Waals surface area (Å²) in [5.74, 6) is 1.20. The Morgan fingerprint density at radius 3 is 1.61 bits per heavy atom. The maximum absolute atomic E-state index is 13.1. The van der Waals surface area contributed by atoms with Gasteiger partial charge in [0.2, 0.25) is 0 Å². The van der Waals surface area contributed by atoms with Crippen molar-refractivity contribution in [3.05, 3.63) is 244 Å². The summed E-state index contributed by atoms with van der Waals surface area (Å²) in [5, 5.41) is 56.5. The zero-order valence-electron chi connectivity index (χ0n) is 53.4. The Kier molecular flexibility index (Phi) is 19.6. The zero-order chi connectivity index (χ0) is 66.9. The van der Waals surface area contributed by atoms with E-state index in [2.05, 4.69) is 53.3 Å². The Morgan fingerprint density at radius 1 is 0.511 bits per heavy atom. The van der Waals surface area contributed by atoms with Crippen LogP contribution in [-0.2, 0) is 19.4 Å². The molecule has 1 aliphatic rings. The maximum Gasteiger partial charge on any atom is 0.494 e. The number of aromatic hydroxyl groups is 3. The van der Waals surface area contributed by atoms with Crippen molar-refractivity contribution in [3.8, 4) is 34.1 Å². The summed E-state index contributed by atoms with van der Waals surface area (Å²) in [6.07, 6.45) is 0. The van der Waals surface area contributed by atoms with Gasteiger partial charge in [-0.3, -0.25) is 20.2 Å². The molecule has 0 spiro atoms. The van der Waals surface area contributed by atoms with E-state index in [-0.39, 0.29) is 50.2 Å². The first-order valence-electron chi connectivity index (χ1n) is 29.6. The van der Waals surface area contributed by atoms with Gasteiger partial charge in [0.1, 0.15) is 27.9 Å². The van der Waals surface area contributed by atoms with Gasteiger partial charge in [-0.25, -0.2) is 0 Å². The van der Waals surface area contributed by atoms with Crippen LogP contribution >= 0.6 is 22.6 Å². The lowest BCUT2D eigenvalue weighted by Gasteiger charge is -2.32. The molecule has 1 saturated heterocycles. The van der Waals surface area contributed by atoms with Crippen molar-refractivity contribution in [2.75, 3.05) is 0 Å². The van der Waals surface area contributed by atoms with Crippen LogP contribution in [0.25, 0.3) is 65.5 Å². The summed E-state index contributed by atoms with van der Waals surface area (Å²) in [5.41, 5.74) is 14.2. The van der Waals surface area contributed by atoms with E-state index in [9.17, 15) is 44.0 Å². The molecule has 0 unspecified atom stereocenters. The smallest absolute Gasteiger partial charge is 0.494 e. The molecule has 472 valence electrons. The molecule has 0 atom stereocenters. The molecule has 0 bridgehead atoms. The number of phenolic OH excluding ortho intramolecular Hbond substituents is 3. The molecule has 1 fully saturated rings. The van der Waals surface area contributed by atoms with Gasteiger partial charge in [0.05, 0.1) is 41.2 Å². The molecule has 0 amide bonds. The van der Waals surface area contributed by atoms with E-state index in [4.69, 9.17) is 13.5 Å². The van der Waals surface area contributed by atoms with Crippen molar-refractivity contribution < 1.29 is 47.1 Å². The number of nitro groups is 2. The van der Waals surface area contributed by atoms with Crippen molar-refractivity contribution >= 4 is 111 Å². The number of hydrogen-bond donors (Lipinski definition) is 5. The predicted octanol–water partition coefficient (Wildman–Crippen LogP) is 17.9. The third-order valence-electron chi connectivity index (χ3n) is 16.7. The first-order valence-corrected chi connectivity index (χ1v) is 32.1. The summed E-state index contributed by atoms with van der Waals surface area (Å²) in [6.45, 7) is 25.3. The first-order chi connectivity index (χ1) is 43.3. The second-order valence-corrected chi connectivity index (χ2v) is 26.9. The average molecular weight is 1370 g/mol. The second-order valence-electron chi connectivity index (χ2n) is 24.2. The monoisotopic (exact) mass is 1370 g/mol. The fourth-order valence-electron chi connectivity index (χ4n) is 10.8. The van der Waals surface area contributed by atoms with Crippen LogP contribution < -0.4 is 9.65 Å². The number of aryl methyl sites for hydroxylation is 9. The maximum atomic E-state index is 13.1. The van der Waals surface area contributed by atoms with Crippen LogP contribution in [-0.4, -0.2) is 61.9 Å². The topological polar surface area (TPSA) is 240 Å². The number of benzene rings is 10. The molecular formula is C73H72BIN4O12S. The third-order valence-corrected chi connectivity index (χ3v) is 18.9. The molecule has 1 aliphatic heterocycles. The highest BCUT2D eigenvalue weighted by Gasteiger charge is 2.51. The van der Waals surface area contributed by atoms with Gasteiger partial charge in [-0.2, -0.15) is 8.42 Å². The van der Waals surface area contributed by atoms with Crippen LogP contribution in [0.1, 0.15) is 77.8 Å². The van der Waals surface area contributed by atoms with E-state index < -0.39 is 10.1 Å². The minimum absolute atomic E-state index is 0.0834. The molecule has 3 heterocycles. The molecule has 13 rings (SSSR count). The van der Waals surface area contributed by atoms with Crippen LogP contribution in [0, 0.1) is 86.1 Å². The standard InChI is InChI=1S/C24H19NO3S.C15H15NO.C14H13NO3.C13H19BO3.C7H6INO2/c1-15-10-11-19-20-12-13-22(16(2)24(20)25-21(19)14-15)28-29(26,27)23-9-5-7-17-6-3-4-8-18(17)23;1-8-4-5-11-12-7-9(2)15(17)10(3)14(12)16-13(11)6-8;1-9-3-5-12(13(7-9)15(17)18)11-4-6-14(16)10(2)8-11;1-9-8-10(6-7-11(9)15)14-16-12(2,3)13(4,5)17-14;1-5-2-3-6(8)7(4-5)9(10)11/h3-14,25H,1-2H3;4-7,16-17H,1-3H3;3-8,16H,1-2H3;6-8,15H,1-5H3;2-4H,1H3. The minimum Gasteiger partial charge on any atom is -0.508 e. The number of nitro benzene ring substituents is 2. The first kappa shape index (κ1) is 67.1.